The Kier molecular flexibility index (Phi) is 5.85. The molecular weight excluding hydrogens is 376 g/mol. The van der Waals surface area contributed by atoms with Crippen LogP contribution in [0.4, 0.5) is 0 Å². The first kappa shape index (κ1) is 19.2. The fourth-order valence-corrected chi connectivity index (χ4v) is 4.87. The molecule has 2 heterocycles. The zero-order valence-electron chi connectivity index (χ0n) is 15.8. The Labute approximate surface area is 166 Å². The first-order chi connectivity index (χ1) is 13.6. The van der Waals surface area contributed by atoms with Crippen molar-refractivity contribution in [3.8, 4) is 11.5 Å². The summed E-state index contributed by atoms with van der Waals surface area (Å²) in [6, 6.07) is 15.6. The van der Waals surface area contributed by atoms with E-state index in [1.807, 2.05) is 48.5 Å². The Morgan fingerprint density at radius 1 is 1.00 bits per heavy atom. The van der Waals surface area contributed by atoms with Crippen molar-refractivity contribution < 1.29 is 17.9 Å². The van der Waals surface area contributed by atoms with E-state index in [9.17, 15) is 8.42 Å². The van der Waals surface area contributed by atoms with Crippen molar-refractivity contribution in [1.29, 1.82) is 0 Å². The van der Waals surface area contributed by atoms with Gasteiger partial charge in [0.25, 0.3) is 0 Å². The van der Waals surface area contributed by atoms with Gasteiger partial charge in [0.15, 0.2) is 11.5 Å². The van der Waals surface area contributed by atoms with Crippen molar-refractivity contribution in [2.75, 3.05) is 32.2 Å². The van der Waals surface area contributed by atoms with Crippen molar-refractivity contribution in [1.82, 2.24) is 9.62 Å². The Balaban J connectivity index is 1.44. The predicted octanol–water partition coefficient (Wildman–Crippen LogP) is 2.71. The first-order valence-corrected chi connectivity index (χ1v) is 11.4. The molecule has 1 atom stereocenters. The van der Waals surface area contributed by atoms with E-state index in [4.69, 9.17) is 9.47 Å². The Bertz CT molecular complexity index is 896. The summed E-state index contributed by atoms with van der Waals surface area (Å²) < 4.78 is 38.9. The highest BCUT2D eigenvalue weighted by Gasteiger charge is 2.27. The quantitative estimate of drug-likeness (QED) is 0.735. The summed E-state index contributed by atoms with van der Waals surface area (Å²) in [6.07, 6.45) is 2.79. The molecule has 2 aromatic carbocycles. The van der Waals surface area contributed by atoms with Gasteiger partial charge < -0.3 is 9.47 Å². The molecule has 0 saturated carbocycles. The van der Waals surface area contributed by atoms with Crippen molar-refractivity contribution in [2.24, 2.45) is 0 Å². The lowest BCUT2D eigenvalue weighted by molar-refractivity contribution is 0.173. The Morgan fingerprint density at radius 3 is 2.54 bits per heavy atom. The van der Waals surface area contributed by atoms with Crippen molar-refractivity contribution in [3.63, 3.8) is 0 Å². The summed E-state index contributed by atoms with van der Waals surface area (Å²) in [5, 5.41) is 0. The molecule has 0 aliphatic carbocycles. The lowest BCUT2D eigenvalue weighted by Gasteiger charge is -2.28. The molecule has 0 aromatic heterocycles. The monoisotopic (exact) mass is 402 g/mol. The van der Waals surface area contributed by atoms with Crippen LogP contribution >= 0.6 is 0 Å². The number of likely N-dealkylation sites (tertiary alicyclic amines) is 1. The molecule has 28 heavy (non-hydrogen) atoms. The van der Waals surface area contributed by atoms with Crippen LogP contribution in [0.3, 0.4) is 0 Å². The number of rotatable bonds is 8. The third kappa shape index (κ3) is 4.66. The van der Waals surface area contributed by atoms with Gasteiger partial charge in [-0.1, -0.05) is 36.4 Å². The number of ether oxygens (including phenoxy) is 2. The SMILES string of the molecule is O=S(=O)(CCc1ccccc1)NCC(c1ccc2c(c1)OCO2)N1CCCC1. The van der Waals surface area contributed by atoms with Gasteiger partial charge in [0.1, 0.15) is 0 Å². The molecule has 0 amide bonds. The van der Waals surface area contributed by atoms with Crippen molar-refractivity contribution in [3.05, 3.63) is 59.7 Å². The number of hydrogen-bond donors (Lipinski definition) is 1. The van der Waals surface area contributed by atoms with Crippen LogP contribution in [0.1, 0.15) is 30.0 Å². The molecular formula is C21H26N2O4S. The molecule has 4 rings (SSSR count). The van der Waals surface area contributed by atoms with Crippen LogP contribution in [-0.4, -0.2) is 45.5 Å². The van der Waals surface area contributed by atoms with Crippen LogP contribution in [0.5, 0.6) is 11.5 Å². The second-order valence-electron chi connectivity index (χ2n) is 7.27. The van der Waals surface area contributed by atoms with E-state index in [1.54, 1.807) is 0 Å². The average molecular weight is 403 g/mol. The van der Waals surface area contributed by atoms with Gasteiger partial charge in [0.2, 0.25) is 16.8 Å². The minimum atomic E-state index is -3.36. The van der Waals surface area contributed by atoms with Crippen molar-refractivity contribution in [2.45, 2.75) is 25.3 Å². The van der Waals surface area contributed by atoms with Crippen LogP contribution in [0.2, 0.25) is 0 Å². The number of fused-ring (bicyclic) bond motifs is 1. The van der Waals surface area contributed by atoms with E-state index < -0.39 is 10.0 Å². The largest absolute Gasteiger partial charge is 0.454 e. The minimum absolute atomic E-state index is 0.0106. The average Bonchev–Trinajstić information content (AvgIpc) is 3.39. The van der Waals surface area contributed by atoms with Crippen LogP contribution in [0, 0.1) is 0 Å². The molecule has 2 aliphatic rings. The van der Waals surface area contributed by atoms with Gasteiger partial charge in [-0.25, -0.2) is 13.1 Å². The zero-order chi connectivity index (χ0) is 19.4. The van der Waals surface area contributed by atoms with Gasteiger partial charge in [0, 0.05) is 12.6 Å². The van der Waals surface area contributed by atoms with Crippen molar-refractivity contribution >= 4 is 10.0 Å². The normalized spacial score (nSPS) is 17.7. The summed E-state index contributed by atoms with van der Waals surface area (Å²) >= 11 is 0. The smallest absolute Gasteiger partial charge is 0.231 e. The van der Waals surface area contributed by atoms with E-state index in [0.717, 1.165) is 48.6 Å². The summed E-state index contributed by atoms with van der Waals surface area (Å²) in [5.74, 6) is 1.56. The van der Waals surface area contributed by atoms with Crippen LogP contribution in [0.25, 0.3) is 0 Å². The summed E-state index contributed by atoms with van der Waals surface area (Å²) in [6.45, 7) is 2.55. The molecule has 1 fully saturated rings. The number of sulfonamides is 1. The molecule has 1 N–H and O–H groups in total. The maximum Gasteiger partial charge on any atom is 0.231 e. The molecule has 150 valence electrons. The second kappa shape index (κ2) is 8.51. The molecule has 0 radical (unpaired) electrons. The lowest BCUT2D eigenvalue weighted by atomic mass is 10.1. The molecule has 2 aliphatic heterocycles. The highest BCUT2D eigenvalue weighted by atomic mass is 32.2. The highest BCUT2D eigenvalue weighted by molar-refractivity contribution is 7.89. The van der Waals surface area contributed by atoms with Crippen LogP contribution < -0.4 is 14.2 Å². The maximum absolute atomic E-state index is 12.6. The van der Waals surface area contributed by atoms with Gasteiger partial charge in [0.05, 0.1) is 5.75 Å². The molecule has 0 bridgehead atoms. The highest BCUT2D eigenvalue weighted by Crippen LogP contribution is 2.36. The number of benzene rings is 2. The van der Waals surface area contributed by atoms with Crippen LogP contribution in [0.15, 0.2) is 48.5 Å². The second-order valence-corrected chi connectivity index (χ2v) is 9.20. The molecule has 1 unspecified atom stereocenters. The van der Waals surface area contributed by atoms with E-state index >= 15 is 0 Å². The van der Waals surface area contributed by atoms with Gasteiger partial charge in [-0.15, -0.1) is 0 Å². The number of aryl methyl sites for hydroxylation is 1. The van der Waals surface area contributed by atoms with E-state index in [0.29, 0.717) is 13.0 Å². The summed E-state index contributed by atoms with van der Waals surface area (Å²) in [7, 11) is -3.36. The third-order valence-corrected chi connectivity index (χ3v) is 6.71. The zero-order valence-corrected chi connectivity index (χ0v) is 16.7. The molecule has 0 spiro atoms. The van der Waals surface area contributed by atoms with E-state index in [1.165, 1.54) is 0 Å². The predicted molar refractivity (Wildman–Crippen MR) is 108 cm³/mol. The molecule has 6 nitrogen and oxygen atoms in total. The minimum Gasteiger partial charge on any atom is -0.454 e. The fourth-order valence-electron chi connectivity index (χ4n) is 3.81. The Hall–Kier alpha value is -2.09. The maximum atomic E-state index is 12.6. The number of nitrogens with one attached hydrogen (secondary N) is 1. The van der Waals surface area contributed by atoms with Gasteiger partial charge in [-0.05, 0) is 55.6 Å². The Morgan fingerprint density at radius 2 is 1.75 bits per heavy atom. The molecule has 1 saturated heterocycles. The van der Waals surface area contributed by atoms with Gasteiger partial charge >= 0.3 is 0 Å². The topological polar surface area (TPSA) is 67.9 Å². The fraction of sp³-hybridized carbons (Fsp3) is 0.429. The molecule has 7 heteroatoms. The lowest BCUT2D eigenvalue weighted by Crippen LogP contribution is -2.38. The molecule has 2 aromatic rings. The standard InChI is InChI=1S/C21H26N2O4S/c24-28(25,13-10-17-6-2-1-3-7-17)22-15-19(23-11-4-5-12-23)18-8-9-20-21(14-18)27-16-26-20/h1-3,6-9,14,19,22H,4-5,10-13,15-16H2. The van der Waals surface area contributed by atoms with Gasteiger partial charge in [-0.3, -0.25) is 4.90 Å². The van der Waals surface area contributed by atoms with E-state index in [-0.39, 0.29) is 18.6 Å². The van der Waals surface area contributed by atoms with Crippen LogP contribution in [-0.2, 0) is 16.4 Å². The first-order valence-electron chi connectivity index (χ1n) is 9.76. The summed E-state index contributed by atoms with van der Waals surface area (Å²) in [5.41, 5.74) is 2.08. The number of nitrogens with zero attached hydrogens (tertiary/aromatic N) is 1. The number of hydrogen-bond acceptors (Lipinski definition) is 5. The summed E-state index contributed by atoms with van der Waals surface area (Å²) in [4.78, 5) is 2.34. The third-order valence-electron chi connectivity index (χ3n) is 5.36. The van der Waals surface area contributed by atoms with Gasteiger partial charge in [-0.2, -0.15) is 0 Å². The van der Waals surface area contributed by atoms with E-state index in [2.05, 4.69) is 9.62 Å².